The van der Waals surface area contributed by atoms with Gasteiger partial charge in [-0.05, 0) is 56.3 Å². The Bertz CT molecular complexity index is 763. The molecule has 0 bridgehead atoms. The first-order valence-electron chi connectivity index (χ1n) is 14.9. The van der Waals surface area contributed by atoms with Gasteiger partial charge < -0.3 is 36.8 Å². The van der Waals surface area contributed by atoms with Crippen molar-refractivity contribution in [1.82, 2.24) is 20.9 Å². The third-order valence-electron chi connectivity index (χ3n) is 8.32. The molecule has 2 aliphatic carbocycles. The van der Waals surface area contributed by atoms with Crippen LogP contribution in [0, 0.1) is 17.8 Å². The topological polar surface area (TPSA) is 157 Å². The molecule has 7 N–H and O–H groups in total. The van der Waals surface area contributed by atoms with E-state index in [4.69, 9.17) is 5.73 Å². The minimum Gasteiger partial charge on any atom is -0.390 e. The molecule has 1 saturated heterocycles. The second-order valence-corrected chi connectivity index (χ2v) is 12.2. The Morgan fingerprint density at radius 3 is 2.21 bits per heavy atom. The van der Waals surface area contributed by atoms with Crippen LogP contribution in [-0.4, -0.2) is 82.9 Å². The Morgan fingerprint density at radius 1 is 0.947 bits per heavy atom. The summed E-state index contributed by atoms with van der Waals surface area (Å²) in [6, 6.07) is -1.33. The van der Waals surface area contributed by atoms with Gasteiger partial charge in [-0.1, -0.05) is 46.0 Å². The minimum absolute atomic E-state index is 0.0610. The highest BCUT2D eigenvalue weighted by Crippen LogP contribution is 2.36. The number of likely N-dealkylation sites (tertiary alicyclic amines) is 1. The van der Waals surface area contributed by atoms with E-state index < -0.39 is 24.3 Å². The van der Waals surface area contributed by atoms with Crippen molar-refractivity contribution >= 4 is 17.8 Å². The number of carbonyl (C=O) groups excluding carboxylic acids is 3. The van der Waals surface area contributed by atoms with Gasteiger partial charge in [0.1, 0.15) is 12.1 Å². The summed E-state index contributed by atoms with van der Waals surface area (Å²) in [5, 5.41) is 30.0. The molecule has 4 amide bonds. The Labute approximate surface area is 227 Å². The molecular weight excluding hydrogens is 486 g/mol. The maximum atomic E-state index is 12.9. The average Bonchev–Trinajstić information content (AvgIpc) is 3.73. The van der Waals surface area contributed by atoms with Crippen LogP contribution in [0.5, 0.6) is 0 Å². The van der Waals surface area contributed by atoms with Crippen molar-refractivity contribution in [2.24, 2.45) is 23.5 Å². The highest BCUT2D eigenvalue weighted by atomic mass is 16.3. The molecule has 0 aromatic heterocycles. The molecule has 2 saturated carbocycles. The summed E-state index contributed by atoms with van der Waals surface area (Å²) in [5.74, 6) is 0.179. The molecule has 0 aromatic carbocycles. The molecule has 218 valence electrons. The fourth-order valence-electron chi connectivity index (χ4n) is 5.77. The summed E-state index contributed by atoms with van der Waals surface area (Å²) >= 11 is 0. The number of hydrogen-bond donors (Lipinski definition) is 6. The minimum atomic E-state index is -0.988. The monoisotopic (exact) mass is 537 g/mol. The molecule has 1 aliphatic heterocycles. The zero-order valence-electron chi connectivity index (χ0n) is 23.4. The third-order valence-corrected chi connectivity index (χ3v) is 8.32. The van der Waals surface area contributed by atoms with E-state index in [-0.39, 0.29) is 48.7 Å². The maximum absolute atomic E-state index is 12.9. The Balaban J connectivity index is 1.48. The van der Waals surface area contributed by atoms with Crippen molar-refractivity contribution in [2.45, 2.75) is 121 Å². The predicted octanol–water partition coefficient (Wildman–Crippen LogP) is 1.63. The van der Waals surface area contributed by atoms with Gasteiger partial charge in [0, 0.05) is 32.1 Å². The average molecular weight is 538 g/mol. The van der Waals surface area contributed by atoms with Crippen LogP contribution < -0.4 is 21.7 Å². The van der Waals surface area contributed by atoms with Crippen molar-refractivity contribution in [1.29, 1.82) is 0 Å². The van der Waals surface area contributed by atoms with Crippen molar-refractivity contribution < 1.29 is 24.6 Å². The zero-order chi connectivity index (χ0) is 27.7. The SMILES string of the molecule is CC(C)C[C@H](NC(=O)N1CCC(N)CC1)C(=O)NCCC(=O)N[C@@H](CC1CCCCC1)[C@@H](O)[C@@H](O)C1CC1. The molecule has 10 heteroatoms. The summed E-state index contributed by atoms with van der Waals surface area (Å²) < 4.78 is 0. The summed E-state index contributed by atoms with van der Waals surface area (Å²) in [5.41, 5.74) is 5.93. The first kappa shape index (κ1) is 30.6. The van der Waals surface area contributed by atoms with Crippen molar-refractivity contribution in [3.8, 4) is 0 Å². The van der Waals surface area contributed by atoms with Gasteiger partial charge in [0.15, 0.2) is 0 Å². The molecule has 10 nitrogen and oxygen atoms in total. The molecule has 4 atom stereocenters. The van der Waals surface area contributed by atoms with Crippen LogP contribution in [0.15, 0.2) is 0 Å². The Morgan fingerprint density at radius 2 is 1.61 bits per heavy atom. The number of carbonyl (C=O) groups is 3. The highest BCUT2D eigenvalue weighted by Gasteiger charge is 2.39. The van der Waals surface area contributed by atoms with E-state index in [1.165, 1.54) is 6.42 Å². The van der Waals surface area contributed by atoms with Crippen LogP contribution in [0.25, 0.3) is 0 Å². The lowest BCUT2D eigenvalue weighted by atomic mass is 9.82. The molecule has 0 unspecified atom stereocenters. The number of nitrogens with one attached hydrogen (secondary N) is 3. The summed E-state index contributed by atoms with van der Waals surface area (Å²) in [4.78, 5) is 40.2. The molecule has 38 heavy (non-hydrogen) atoms. The zero-order valence-corrected chi connectivity index (χ0v) is 23.4. The fourth-order valence-corrected chi connectivity index (χ4v) is 5.77. The number of nitrogens with zero attached hydrogens (tertiary/aromatic N) is 1. The normalized spacial score (nSPS) is 22.4. The number of nitrogens with two attached hydrogens (primary N) is 1. The second-order valence-electron chi connectivity index (χ2n) is 12.2. The van der Waals surface area contributed by atoms with Crippen LogP contribution in [0.3, 0.4) is 0 Å². The maximum Gasteiger partial charge on any atom is 0.318 e. The summed E-state index contributed by atoms with van der Waals surface area (Å²) in [6.45, 7) is 5.27. The molecule has 0 aromatic rings. The van der Waals surface area contributed by atoms with Gasteiger partial charge in [-0.2, -0.15) is 0 Å². The highest BCUT2D eigenvalue weighted by molar-refractivity contribution is 5.87. The number of hydrogen-bond acceptors (Lipinski definition) is 6. The van der Waals surface area contributed by atoms with E-state index >= 15 is 0 Å². The molecular formula is C28H51N5O5. The number of aliphatic hydroxyl groups is 2. The lowest BCUT2D eigenvalue weighted by molar-refractivity contribution is -0.125. The molecule has 0 spiro atoms. The van der Waals surface area contributed by atoms with Gasteiger partial charge >= 0.3 is 6.03 Å². The Hall–Kier alpha value is -1.91. The molecule has 3 fully saturated rings. The van der Waals surface area contributed by atoms with E-state index in [1.54, 1.807) is 4.90 Å². The van der Waals surface area contributed by atoms with Crippen LogP contribution in [0.4, 0.5) is 4.79 Å². The molecule has 0 radical (unpaired) electrons. The van der Waals surface area contributed by atoms with Crippen LogP contribution in [0.2, 0.25) is 0 Å². The van der Waals surface area contributed by atoms with Gasteiger partial charge in [-0.3, -0.25) is 9.59 Å². The predicted molar refractivity (Wildman–Crippen MR) is 146 cm³/mol. The number of rotatable bonds is 13. The smallest absolute Gasteiger partial charge is 0.318 e. The largest absolute Gasteiger partial charge is 0.390 e. The van der Waals surface area contributed by atoms with E-state index in [1.807, 2.05) is 13.8 Å². The molecule has 3 aliphatic rings. The molecule has 3 rings (SSSR count). The number of aliphatic hydroxyl groups excluding tert-OH is 2. The number of urea groups is 1. The van der Waals surface area contributed by atoms with Gasteiger partial charge in [0.25, 0.3) is 0 Å². The second kappa shape index (κ2) is 15.0. The van der Waals surface area contributed by atoms with Gasteiger partial charge in [0.05, 0.1) is 12.1 Å². The summed E-state index contributed by atoms with van der Waals surface area (Å²) in [7, 11) is 0. The first-order chi connectivity index (χ1) is 18.1. The van der Waals surface area contributed by atoms with Crippen LogP contribution in [0.1, 0.15) is 90.9 Å². The van der Waals surface area contributed by atoms with Gasteiger partial charge in [0.2, 0.25) is 11.8 Å². The van der Waals surface area contributed by atoms with E-state index in [0.717, 1.165) is 51.4 Å². The standard InChI is InChI=1S/C28H51N5O5/c1-18(2)16-23(32-28(38)33-14-11-21(29)12-15-33)27(37)30-13-10-24(34)31-22(17-19-6-4-3-5-7-19)26(36)25(35)20-8-9-20/h18-23,25-26,35-36H,3-17,29H2,1-2H3,(H,30,37)(H,31,34)(H,32,38)/t22-,23-,25-,26+/m0/s1. The van der Waals surface area contributed by atoms with Crippen LogP contribution >= 0.6 is 0 Å². The van der Waals surface area contributed by atoms with Crippen LogP contribution in [-0.2, 0) is 9.59 Å². The van der Waals surface area contributed by atoms with Crippen molar-refractivity contribution in [2.75, 3.05) is 19.6 Å². The van der Waals surface area contributed by atoms with E-state index in [2.05, 4.69) is 16.0 Å². The molecule has 1 heterocycles. The summed E-state index contributed by atoms with van der Waals surface area (Å²) in [6.07, 6.45) is 8.45. The quantitative estimate of drug-likeness (QED) is 0.210. The van der Waals surface area contributed by atoms with Gasteiger partial charge in [-0.15, -0.1) is 0 Å². The van der Waals surface area contributed by atoms with Crippen molar-refractivity contribution in [3.05, 3.63) is 0 Å². The lowest BCUT2D eigenvalue weighted by Crippen LogP contribution is -2.54. The lowest BCUT2D eigenvalue weighted by Gasteiger charge is -2.32. The fraction of sp³-hybridized carbons (Fsp3) is 0.893. The first-order valence-corrected chi connectivity index (χ1v) is 14.9. The number of piperidine rings is 1. The van der Waals surface area contributed by atoms with E-state index in [9.17, 15) is 24.6 Å². The van der Waals surface area contributed by atoms with Crippen molar-refractivity contribution in [3.63, 3.8) is 0 Å². The van der Waals surface area contributed by atoms with Gasteiger partial charge in [-0.25, -0.2) is 4.79 Å². The Kier molecular flexibility index (Phi) is 12.1. The third kappa shape index (κ3) is 10.0. The van der Waals surface area contributed by atoms with E-state index in [0.29, 0.717) is 31.8 Å². The number of amides is 4.